The topological polar surface area (TPSA) is 125 Å². The lowest BCUT2D eigenvalue weighted by molar-refractivity contribution is -0.387. The molecule has 2 atom stereocenters. The van der Waals surface area contributed by atoms with E-state index in [1.807, 2.05) is 0 Å². The summed E-state index contributed by atoms with van der Waals surface area (Å²) < 4.78 is 38.0. The number of hydrogen-bond acceptors (Lipinski definition) is 7. The van der Waals surface area contributed by atoms with Gasteiger partial charge in [0.2, 0.25) is 10.0 Å². The Hall–Kier alpha value is -2.98. The Morgan fingerprint density at radius 1 is 1.14 bits per heavy atom. The number of methoxy groups -OCH3 is 2. The molecule has 2 rings (SSSR count). The second-order valence-corrected chi connectivity index (χ2v) is 7.59. The molecule has 0 unspecified atom stereocenters. The highest BCUT2D eigenvalue weighted by Gasteiger charge is 2.34. The van der Waals surface area contributed by atoms with Crippen LogP contribution in [0.4, 0.5) is 5.69 Å². The van der Waals surface area contributed by atoms with Crippen molar-refractivity contribution in [2.45, 2.75) is 17.9 Å². The Labute approximate surface area is 162 Å². The maximum atomic E-state index is 12.9. The fourth-order valence-corrected chi connectivity index (χ4v) is 4.12. The molecule has 9 nitrogen and oxygen atoms in total. The van der Waals surface area contributed by atoms with Crippen molar-refractivity contribution in [2.75, 3.05) is 14.2 Å². The molecule has 0 amide bonds. The molecule has 0 radical (unpaired) electrons. The van der Waals surface area contributed by atoms with Gasteiger partial charge >= 0.3 is 5.97 Å². The van der Waals surface area contributed by atoms with E-state index < -0.39 is 43.5 Å². The number of benzene rings is 2. The third kappa shape index (κ3) is 4.65. The molecule has 0 aromatic heterocycles. The van der Waals surface area contributed by atoms with Crippen molar-refractivity contribution >= 4 is 21.7 Å². The molecular formula is C18H20N2O7S. The Balaban J connectivity index is 2.51. The lowest BCUT2D eigenvalue weighted by atomic mass is 9.95. The molecule has 0 bridgehead atoms. The first-order valence-electron chi connectivity index (χ1n) is 8.18. The number of sulfonamides is 1. The summed E-state index contributed by atoms with van der Waals surface area (Å²) in [5.74, 6) is -1.35. The third-order valence-corrected chi connectivity index (χ3v) is 5.65. The van der Waals surface area contributed by atoms with Gasteiger partial charge in [0, 0.05) is 0 Å². The minimum Gasteiger partial charge on any atom is -0.497 e. The SMILES string of the molecule is COC(=O)[C@@H](C)[C@H](NS(=O)(=O)c1ccc(OC)cc1[N+](=O)[O-])c1ccccc1. The number of nitro groups is 1. The highest BCUT2D eigenvalue weighted by Crippen LogP contribution is 2.31. The lowest BCUT2D eigenvalue weighted by Crippen LogP contribution is -2.36. The molecule has 2 aromatic carbocycles. The molecule has 1 N–H and O–H groups in total. The van der Waals surface area contributed by atoms with Crippen molar-refractivity contribution in [3.05, 3.63) is 64.2 Å². The van der Waals surface area contributed by atoms with Crippen LogP contribution < -0.4 is 9.46 Å². The van der Waals surface area contributed by atoms with Crippen LogP contribution in [0.15, 0.2) is 53.4 Å². The first kappa shape index (κ1) is 21.3. The number of ether oxygens (including phenoxy) is 2. The van der Waals surface area contributed by atoms with Gasteiger partial charge in [-0.1, -0.05) is 37.3 Å². The van der Waals surface area contributed by atoms with Gasteiger partial charge in [-0.3, -0.25) is 14.9 Å². The molecule has 2 aromatic rings. The highest BCUT2D eigenvalue weighted by atomic mass is 32.2. The van der Waals surface area contributed by atoms with E-state index in [0.29, 0.717) is 5.56 Å². The van der Waals surface area contributed by atoms with Crippen molar-refractivity contribution in [3.8, 4) is 5.75 Å². The zero-order valence-electron chi connectivity index (χ0n) is 15.5. The summed E-state index contributed by atoms with van der Waals surface area (Å²) in [6.45, 7) is 1.51. The average Bonchev–Trinajstić information content (AvgIpc) is 2.70. The van der Waals surface area contributed by atoms with Gasteiger partial charge in [-0.05, 0) is 17.7 Å². The molecule has 0 fully saturated rings. The maximum Gasteiger partial charge on any atom is 0.310 e. The minimum absolute atomic E-state index is 0.146. The molecule has 0 saturated heterocycles. The van der Waals surface area contributed by atoms with Gasteiger partial charge in [-0.15, -0.1) is 0 Å². The summed E-state index contributed by atoms with van der Waals surface area (Å²) in [5, 5.41) is 11.4. The van der Waals surface area contributed by atoms with E-state index in [4.69, 9.17) is 9.47 Å². The van der Waals surface area contributed by atoms with Gasteiger partial charge in [-0.25, -0.2) is 13.1 Å². The van der Waals surface area contributed by atoms with E-state index in [9.17, 15) is 23.3 Å². The second-order valence-electron chi connectivity index (χ2n) is 5.91. The third-order valence-electron chi connectivity index (χ3n) is 4.17. The van der Waals surface area contributed by atoms with Gasteiger partial charge in [0.1, 0.15) is 5.75 Å². The molecule has 0 aliphatic carbocycles. The van der Waals surface area contributed by atoms with Crippen LogP contribution in [0.2, 0.25) is 0 Å². The van der Waals surface area contributed by atoms with E-state index >= 15 is 0 Å². The molecule has 10 heteroatoms. The molecule has 0 aliphatic rings. The maximum absolute atomic E-state index is 12.9. The number of hydrogen-bond donors (Lipinski definition) is 1. The molecule has 150 valence electrons. The van der Waals surface area contributed by atoms with Gasteiger partial charge in [0.15, 0.2) is 4.90 Å². The standard InChI is InChI=1S/C18H20N2O7S/c1-12(18(21)27-3)17(13-7-5-4-6-8-13)19-28(24,25)16-10-9-14(26-2)11-15(16)20(22)23/h4-12,17,19H,1-3H3/t12-,17-/m0/s1. The zero-order chi connectivity index (χ0) is 20.9. The number of esters is 1. The van der Waals surface area contributed by atoms with Crippen LogP contribution in [0, 0.1) is 16.0 Å². The fourth-order valence-electron chi connectivity index (χ4n) is 2.67. The zero-order valence-corrected chi connectivity index (χ0v) is 16.3. The van der Waals surface area contributed by atoms with Crippen LogP contribution in [-0.2, 0) is 19.6 Å². The van der Waals surface area contributed by atoms with Crippen molar-refractivity contribution in [3.63, 3.8) is 0 Å². The number of rotatable bonds is 8. The number of nitrogens with one attached hydrogen (secondary N) is 1. The monoisotopic (exact) mass is 408 g/mol. The molecule has 28 heavy (non-hydrogen) atoms. The van der Waals surface area contributed by atoms with Crippen LogP contribution >= 0.6 is 0 Å². The van der Waals surface area contributed by atoms with Crippen LogP contribution in [-0.4, -0.2) is 33.5 Å². The number of nitrogens with zero attached hydrogens (tertiary/aromatic N) is 1. The van der Waals surface area contributed by atoms with Gasteiger partial charge in [0.05, 0.1) is 37.2 Å². The Morgan fingerprint density at radius 2 is 1.79 bits per heavy atom. The largest absolute Gasteiger partial charge is 0.497 e. The Morgan fingerprint density at radius 3 is 2.32 bits per heavy atom. The van der Waals surface area contributed by atoms with E-state index in [1.165, 1.54) is 27.2 Å². The molecule has 0 spiro atoms. The van der Waals surface area contributed by atoms with E-state index in [1.54, 1.807) is 30.3 Å². The average molecular weight is 408 g/mol. The predicted octanol–water partition coefficient (Wildman–Crippen LogP) is 2.43. The van der Waals surface area contributed by atoms with Crippen molar-refractivity contribution in [1.29, 1.82) is 0 Å². The van der Waals surface area contributed by atoms with Crippen molar-refractivity contribution < 1.29 is 27.6 Å². The van der Waals surface area contributed by atoms with Crippen molar-refractivity contribution in [2.24, 2.45) is 5.92 Å². The quantitative estimate of drug-likeness (QED) is 0.404. The number of carbonyl (C=O) groups is 1. The van der Waals surface area contributed by atoms with Crippen LogP contribution in [0.3, 0.4) is 0 Å². The van der Waals surface area contributed by atoms with E-state index in [-0.39, 0.29) is 5.75 Å². The van der Waals surface area contributed by atoms with Gasteiger partial charge in [0.25, 0.3) is 5.69 Å². The second kappa shape index (κ2) is 8.81. The first-order valence-corrected chi connectivity index (χ1v) is 9.67. The van der Waals surface area contributed by atoms with Crippen molar-refractivity contribution in [1.82, 2.24) is 4.72 Å². The van der Waals surface area contributed by atoms with Crippen LogP contribution in [0.1, 0.15) is 18.5 Å². The summed E-state index contributed by atoms with van der Waals surface area (Å²) >= 11 is 0. The molecule has 0 saturated carbocycles. The summed E-state index contributed by atoms with van der Waals surface area (Å²) in [7, 11) is -1.84. The van der Waals surface area contributed by atoms with Gasteiger partial charge < -0.3 is 9.47 Å². The Bertz CT molecular complexity index is 961. The smallest absolute Gasteiger partial charge is 0.310 e. The molecular weight excluding hydrogens is 388 g/mol. The van der Waals surface area contributed by atoms with E-state index in [0.717, 1.165) is 12.1 Å². The normalized spacial score (nSPS) is 13.4. The summed E-state index contributed by atoms with van der Waals surface area (Å²) in [6.07, 6.45) is 0. The molecule has 0 heterocycles. The van der Waals surface area contributed by atoms with Crippen LogP contribution in [0.5, 0.6) is 5.75 Å². The Kier molecular flexibility index (Phi) is 6.71. The fraction of sp³-hybridized carbons (Fsp3) is 0.278. The highest BCUT2D eigenvalue weighted by molar-refractivity contribution is 7.89. The molecule has 0 aliphatic heterocycles. The predicted molar refractivity (Wildman–Crippen MR) is 100 cm³/mol. The van der Waals surface area contributed by atoms with E-state index in [2.05, 4.69) is 4.72 Å². The number of carbonyl (C=O) groups excluding carboxylic acids is 1. The van der Waals surface area contributed by atoms with Gasteiger partial charge in [-0.2, -0.15) is 0 Å². The summed E-state index contributed by atoms with van der Waals surface area (Å²) in [6, 6.07) is 10.9. The first-order chi connectivity index (χ1) is 13.2. The van der Waals surface area contributed by atoms with Crippen LogP contribution in [0.25, 0.3) is 0 Å². The summed E-state index contributed by atoms with van der Waals surface area (Å²) in [4.78, 5) is 22.1. The number of nitro benzene ring substituents is 1. The minimum atomic E-state index is -4.35. The summed E-state index contributed by atoms with van der Waals surface area (Å²) in [5.41, 5.74) is -0.121. The lowest BCUT2D eigenvalue weighted by Gasteiger charge is -2.23.